The van der Waals surface area contributed by atoms with Crippen molar-refractivity contribution >= 4 is 34.3 Å². The Kier molecular flexibility index (Phi) is 3.90. The monoisotopic (exact) mass is 356 g/mol. The smallest absolute Gasteiger partial charge is 0.256 e. The van der Waals surface area contributed by atoms with Gasteiger partial charge in [0.15, 0.2) is 0 Å². The first-order chi connectivity index (χ1) is 8.56. The lowest BCUT2D eigenvalue weighted by Gasteiger charge is -2.05. The summed E-state index contributed by atoms with van der Waals surface area (Å²) in [6, 6.07) is 7.81. The van der Waals surface area contributed by atoms with E-state index in [1.54, 1.807) is 19.2 Å². The zero-order valence-corrected chi connectivity index (χ0v) is 11.7. The van der Waals surface area contributed by atoms with Gasteiger partial charge in [0, 0.05) is 15.3 Å². The molecule has 18 heavy (non-hydrogen) atoms. The van der Waals surface area contributed by atoms with Crippen LogP contribution in [0.5, 0.6) is 0 Å². The summed E-state index contributed by atoms with van der Waals surface area (Å²) in [4.78, 5) is 16.0. The van der Waals surface area contributed by atoms with E-state index >= 15 is 0 Å². The standard InChI is InChI=1S/C13H10FIN2O/c1-8-6-9(2-4-11(8)14)13(18)17-12-5-3-10(15)7-16-12/h2-7H,1H3,(H,16,17,18). The third kappa shape index (κ3) is 3.04. The van der Waals surface area contributed by atoms with Gasteiger partial charge in [0.25, 0.3) is 5.91 Å². The summed E-state index contributed by atoms with van der Waals surface area (Å²) in [6.45, 7) is 1.62. The number of nitrogens with zero attached hydrogens (tertiary/aromatic N) is 1. The fraction of sp³-hybridized carbons (Fsp3) is 0.0769. The molecule has 0 spiro atoms. The molecule has 0 bridgehead atoms. The first-order valence-electron chi connectivity index (χ1n) is 5.25. The number of aryl methyl sites for hydroxylation is 1. The molecular formula is C13H10FIN2O. The lowest BCUT2D eigenvalue weighted by Crippen LogP contribution is -2.13. The summed E-state index contributed by atoms with van der Waals surface area (Å²) >= 11 is 2.13. The quantitative estimate of drug-likeness (QED) is 0.839. The van der Waals surface area contributed by atoms with Crippen LogP contribution in [0.2, 0.25) is 0 Å². The van der Waals surface area contributed by atoms with E-state index in [1.807, 2.05) is 6.07 Å². The SMILES string of the molecule is Cc1cc(C(=O)Nc2ccc(I)cn2)ccc1F. The van der Waals surface area contributed by atoms with Crippen molar-refractivity contribution in [2.75, 3.05) is 5.32 Å². The molecule has 0 fully saturated rings. The average Bonchev–Trinajstić information content (AvgIpc) is 2.35. The predicted molar refractivity (Wildman–Crippen MR) is 76.0 cm³/mol. The number of halogens is 2. The van der Waals surface area contributed by atoms with Crippen molar-refractivity contribution in [3.8, 4) is 0 Å². The van der Waals surface area contributed by atoms with Crippen molar-refractivity contribution in [1.82, 2.24) is 4.98 Å². The van der Waals surface area contributed by atoms with Gasteiger partial charge in [-0.3, -0.25) is 4.79 Å². The van der Waals surface area contributed by atoms with Crippen molar-refractivity contribution < 1.29 is 9.18 Å². The van der Waals surface area contributed by atoms with Crippen molar-refractivity contribution in [1.29, 1.82) is 0 Å². The normalized spacial score (nSPS) is 10.2. The van der Waals surface area contributed by atoms with Crippen LogP contribution >= 0.6 is 22.6 Å². The number of rotatable bonds is 2. The molecule has 0 aliphatic heterocycles. The second-order valence-corrected chi connectivity index (χ2v) is 5.03. The Balaban J connectivity index is 2.16. The van der Waals surface area contributed by atoms with E-state index in [9.17, 15) is 9.18 Å². The molecule has 2 rings (SSSR count). The maximum atomic E-state index is 13.1. The van der Waals surface area contributed by atoms with Gasteiger partial charge in [-0.25, -0.2) is 9.37 Å². The van der Waals surface area contributed by atoms with Gasteiger partial charge in [-0.05, 0) is 65.4 Å². The number of anilines is 1. The summed E-state index contributed by atoms with van der Waals surface area (Å²) in [5.41, 5.74) is 0.854. The Hall–Kier alpha value is -1.50. The van der Waals surface area contributed by atoms with Gasteiger partial charge in [0.05, 0.1) is 0 Å². The highest BCUT2D eigenvalue weighted by Gasteiger charge is 2.08. The lowest BCUT2D eigenvalue weighted by molar-refractivity contribution is 0.102. The van der Waals surface area contributed by atoms with E-state index in [-0.39, 0.29) is 11.7 Å². The van der Waals surface area contributed by atoms with Crippen LogP contribution in [0.1, 0.15) is 15.9 Å². The Morgan fingerprint density at radius 2 is 2.11 bits per heavy atom. The molecule has 2 aromatic rings. The van der Waals surface area contributed by atoms with E-state index in [2.05, 4.69) is 32.9 Å². The number of benzene rings is 1. The highest BCUT2D eigenvalue weighted by Crippen LogP contribution is 2.12. The molecule has 0 aliphatic rings. The molecule has 0 saturated carbocycles. The minimum absolute atomic E-state index is 0.299. The van der Waals surface area contributed by atoms with Crippen LogP contribution in [-0.2, 0) is 0 Å². The zero-order chi connectivity index (χ0) is 13.1. The van der Waals surface area contributed by atoms with Crippen LogP contribution in [0.4, 0.5) is 10.2 Å². The number of amides is 1. The van der Waals surface area contributed by atoms with Gasteiger partial charge in [-0.2, -0.15) is 0 Å². The van der Waals surface area contributed by atoms with E-state index in [1.165, 1.54) is 18.2 Å². The van der Waals surface area contributed by atoms with Crippen molar-refractivity contribution in [2.45, 2.75) is 6.92 Å². The van der Waals surface area contributed by atoms with Crippen LogP contribution in [0, 0.1) is 16.3 Å². The van der Waals surface area contributed by atoms with Crippen molar-refractivity contribution in [3.05, 3.63) is 57.0 Å². The van der Waals surface area contributed by atoms with Crippen LogP contribution in [0.3, 0.4) is 0 Å². The minimum atomic E-state index is -0.320. The van der Waals surface area contributed by atoms with Crippen molar-refractivity contribution in [2.24, 2.45) is 0 Å². The Morgan fingerprint density at radius 1 is 1.33 bits per heavy atom. The number of pyridine rings is 1. The molecule has 0 saturated heterocycles. The Labute approximate surface area is 118 Å². The number of hydrogen-bond donors (Lipinski definition) is 1. The topological polar surface area (TPSA) is 42.0 Å². The molecule has 0 aliphatic carbocycles. The lowest BCUT2D eigenvalue weighted by atomic mass is 10.1. The highest BCUT2D eigenvalue weighted by molar-refractivity contribution is 14.1. The number of hydrogen-bond acceptors (Lipinski definition) is 2. The van der Waals surface area contributed by atoms with Gasteiger partial charge in [-0.1, -0.05) is 0 Å². The molecule has 92 valence electrons. The van der Waals surface area contributed by atoms with E-state index < -0.39 is 0 Å². The number of carbonyl (C=O) groups excluding carboxylic acids is 1. The summed E-state index contributed by atoms with van der Waals surface area (Å²) in [6.07, 6.45) is 1.66. The maximum Gasteiger partial charge on any atom is 0.256 e. The van der Waals surface area contributed by atoms with Gasteiger partial charge in [0.2, 0.25) is 0 Å². The molecular weight excluding hydrogens is 346 g/mol. The van der Waals surface area contributed by atoms with E-state index in [0.29, 0.717) is 16.9 Å². The molecule has 1 N–H and O–H groups in total. The molecule has 0 atom stereocenters. The third-order valence-corrected chi connectivity index (χ3v) is 3.03. The fourth-order valence-electron chi connectivity index (χ4n) is 1.42. The molecule has 1 heterocycles. The fourth-order valence-corrected chi connectivity index (χ4v) is 1.74. The van der Waals surface area contributed by atoms with Gasteiger partial charge >= 0.3 is 0 Å². The van der Waals surface area contributed by atoms with Crippen LogP contribution in [0.15, 0.2) is 36.5 Å². The van der Waals surface area contributed by atoms with Crippen molar-refractivity contribution in [3.63, 3.8) is 0 Å². The molecule has 1 aromatic heterocycles. The van der Waals surface area contributed by atoms with Gasteiger partial charge in [0.1, 0.15) is 11.6 Å². The average molecular weight is 356 g/mol. The largest absolute Gasteiger partial charge is 0.307 e. The second-order valence-electron chi connectivity index (χ2n) is 3.78. The zero-order valence-electron chi connectivity index (χ0n) is 9.58. The maximum absolute atomic E-state index is 13.1. The summed E-state index contributed by atoms with van der Waals surface area (Å²) < 4.78 is 14.1. The predicted octanol–water partition coefficient (Wildman–Crippen LogP) is 3.39. The summed E-state index contributed by atoms with van der Waals surface area (Å²) in [7, 11) is 0. The molecule has 1 amide bonds. The first kappa shape index (κ1) is 12.9. The van der Waals surface area contributed by atoms with Gasteiger partial charge in [-0.15, -0.1) is 0 Å². The Morgan fingerprint density at radius 3 is 2.72 bits per heavy atom. The van der Waals surface area contributed by atoms with Crippen LogP contribution < -0.4 is 5.32 Å². The summed E-state index contributed by atoms with van der Waals surface area (Å²) in [5.74, 6) is -0.145. The number of aromatic nitrogens is 1. The van der Waals surface area contributed by atoms with Gasteiger partial charge < -0.3 is 5.32 Å². The molecule has 0 unspecified atom stereocenters. The van der Waals surface area contributed by atoms with E-state index in [4.69, 9.17) is 0 Å². The second kappa shape index (κ2) is 5.43. The van der Waals surface area contributed by atoms with Crippen LogP contribution in [-0.4, -0.2) is 10.9 Å². The molecule has 0 radical (unpaired) electrons. The number of carbonyl (C=O) groups is 1. The molecule has 5 heteroatoms. The number of nitrogens with one attached hydrogen (secondary N) is 1. The molecule has 3 nitrogen and oxygen atoms in total. The Bertz CT molecular complexity index is 584. The molecule has 1 aromatic carbocycles. The first-order valence-corrected chi connectivity index (χ1v) is 6.33. The highest BCUT2D eigenvalue weighted by atomic mass is 127. The van der Waals surface area contributed by atoms with Crippen LogP contribution in [0.25, 0.3) is 0 Å². The third-order valence-electron chi connectivity index (χ3n) is 2.39. The summed E-state index contributed by atoms with van der Waals surface area (Å²) in [5, 5.41) is 2.66. The minimum Gasteiger partial charge on any atom is -0.307 e. The van der Waals surface area contributed by atoms with E-state index in [0.717, 1.165) is 3.57 Å².